The predicted octanol–water partition coefficient (Wildman–Crippen LogP) is 2.23. The van der Waals surface area contributed by atoms with E-state index >= 15 is 0 Å². The molecule has 0 heterocycles. The predicted molar refractivity (Wildman–Crippen MR) is 40.4 cm³/mol. The molecule has 1 nitrogen and oxygen atoms in total. The van der Waals surface area contributed by atoms with Crippen LogP contribution in [-0.4, -0.2) is 13.2 Å². The van der Waals surface area contributed by atoms with Gasteiger partial charge in [-0.2, -0.15) is 0 Å². The van der Waals surface area contributed by atoms with Crippen LogP contribution >= 0.6 is 0 Å². The molecule has 1 atom stereocenters. The van der Waals surface area contributed by atoms with Crippen molar-refractivity contribution >= 4 is 0 Å². The molecule has 54 valence electrons. The number of hydrogen-bond donors (Lipinski definition) is 0. The zero-order chi connectivity index (χ0) is 7.28. The van der Waals surface area contributed by atoms with E-state index in [9.17, 15) is 0 Å². The molecule has 0 aliphatic carbocycles. The zero-order valence-electron chi connectivity index (χ0n) is 6.72. The third-order valence-corrected chi connectivity index (χ3v) is 1.14. The number of methoxy groups -OCH3 is 1. The molecule has 0 rings (SSSR count). The summed E-state index contributed by atoms with van der Waals surface area (Å²) in [4.78, 5) is 0. The molecular weight excluding hydrogens is 112 g/mol. The molecule has 0 aromatic rings. The van der Waals surface area contributed by atoms with Crippen molar-refractivity contribution in [1.82, 2.24) is 0 Å². The molecule has 0 radical (unpaired) electrons. The van der Waals surface area contributed by atoms with Crippen LogP contribution in [0.5, 0.6) is 0 Å². The minimum Gasteiger partial charge on any atom is -0.378 e. The maximum absolute atomic E-state index is 5.01. The Kier molecular flexibility index (Phi) is 4.41. The summed E-state index contributed by atoms with van der Waals surface area (Å²) in [6.07, 6.45) is 4.48. The van der Waals surface area contributed by atoms with Crippen LogP contribution in [0, 0.1) is 5.92 Å². The first kappa shape index (κ1) is 8.70. The number of allylic oxidation sites excluding steroid dienone is 1. The Bertz CT molecular complexity index is 84.6. The summed E-state index contributed by atoms with van der Waals surface area (Å²) in [6, 6.07) is 0. The Labute approximate surface area is 57.7 Å². The molecule has 0 aliphatic heterocycles. The molecule has 0 fully saturated rings. The number of ether oxygens (including phenoxy) is 1. The Hall–Kier alpha value is -0.300. The lowest BCUT2D eigenvalue weighted by Gasteiger charge is -2.02. The minimum atomic E-state index is 0.257. The van der Waals surface area contributed by atoms with Crippen molar-refractivity contribution in [3.63, 3.8) is 0 Å². The fourth-order valence-electron chi connectivity index (χ4n) is 0.457. The Morgan fingerprint density at radius 1 is 1.11 bits per heavy atom. The normalized spacial score (nSPS) is 15.2. The second-order valence-electron chi connectivity index (χ2n) is 2.57. The third kappa shape index (κ3) is 5.57. The summed E-state index contributed by atoms with van der Waals surface area (Å²) < 4.78 is 5.01. The fourth-order valence-corrected chi connectivity index (χ4v) is 0.457. The molecule has 0 aliphatic rings. The minimum absolute atomic E-state index is 0.257. The van der Waals surface area contributed by atoms with E-state index in [1.54, 1.807) is 7.11 Å². The highest BCUT2D eigenvalue weighted by Crippen LogP contribution is 1.97. The van der Waals surface area contributed by atoms with Crippen LogP contribution in [0.1, 0.15) is 20.8 Å². The van der Waals surface area contributed by atoms with Gasteiger partial charge in [-0.3, -0.25) is 0 Å². The van der Waals surface area contributed by atoms with Crippen LogP contribution in [0.25, 0.3) is 0 Å². The molecule has 1 heteroatoms. The van der Waals surface area contributed by atoms with Gasteiger partial charge in [0.05, 0.1) is 6.10 Å². The highest BCUT2D eigenvalue weighted by Gasteiger charge is 1.90. The summed E-state index contributed by atoms with van der Waals surface area (Å²) in [5, 5.41) is 0. The van der Waals surface area contributed by atoms with Crippen molar-refractivity contribution in [1.29, 1.82) is 0 Å². The monoisotopic (exact) mass is 128 g/mol. The second-order valence-corrected chi connectivity index (χ2v) is 2.57. The lowest BCUT2D eigenvalue weighted by atomic mass is 10.2. The van der Waals surface area contributed by atoms with Gasteiger partial charge in [-0.1, -0.05) is 26.0 Å². The van der Waals surface area contributed by atoms with Crippen LogP contribution in [0.4, 0.5) is 0 Å². The van der Waals surface area contributed by atoms with Crippen molar-refractivity contribution < 1.29 is 4.74 Å². The lowest BCUT2D eigenvalue weighted by molar-refractivity contribution is 0.156. The maximum atomic E-state index is 5.01. The summed E-state index contributed by atoms with van der Waals surface area (Å²) in [5.74, 6) is 0.627. The summed E-state index contributed by atoms with van der Waals surface area (Å²) in [6.45, 7) is 6.33. The fraction of sp³-hybridized carbons (Fsp3) is 0.750. The van der Waals surface area contributed by atoms with Gasteiger partial charge in [0.25, 0.3) is 0 Å². The van der Waals surface area contributed by atoms with Crippen molar-refractivity contribution in [2.75, 3.05) is 7.11 Å². The first-order chi connectivity index (χ1) is 4.16. The van der Waals surface area contributed by atoms with Crippen molar-refractivity contribution in [2.45, 2.75) is 26.9 Å². The van der Waals surface area contributed by atoms with Crippen molar-refractivity contribution in [3.8, 4) is 0 Å². The SMILES string of the molecule is COC(C)/C=C\C(C)C. The highest BCUT2D eigenvalue weighted by molar-refractivity contribution is 4.89. The molecule has 0 saturated heterocycles. The van der Waals surface area contributed by atoms with Gasteiger partial charge in [-0.05, 0) is 12.8 Å². The van der Waals surface area contributed by atoms with E-state index in [1.165, 1.54) is 0 Å². The summed E-state index contributed by atoms with van der Waals surface area (Å²) in [5.41, 5.74) is 0. The molecule has 0 aromatic heterocycles. The molecule has 9 heavy (non-hydrogen) atoms. The molecule has 0 bridgehead atoms. The van der Waals surface area contributed by atoms with E-state index in [0.717, 1.165) is 0 Å². The van der Waals surface area contributed by atoms with E-state index in [-0.39, 0.29) is 6.10 Å². The molecule has 0 spiro atoms. The second kappa shape index (κ2) is 4.57. The van der Waals surface area contributed by atoms with Gasteiger partial charge >= 0.3 is 0 Å². The van der Waals surface area contributed by atoms with Crippen molar-refractivity contribution in [2.24, 2.45) is 5.92 Å². The first-order valence-electron chi connectivity index (χ1n) is 3.38. The number of hydrogen-bond acceptors (Lipinski definition) is 1. The van der Waals surface area contributed by atoms with Crippen LogP contribution < -0.4 is 0 Å². The molecule has 0 amide bonds. The highest BCUT2D eigenvalue weighted by atomic mass is 16.5. The van der Waals surface area contributed by atoms with Gasteiger partial charge in [0.2, 0.25) is 0 Å². The van der Waals surface area contributed by atoms with Crippen LogP contribution in [0.3, 0.4) is 0 Å². The molecule has 1 unspecified atom stereocenters. The topological polar surface area (TPSA) is 9.23 Å². The van der Waals surface area contributed by atoms with Crippen LogP contribution in [0.15, 0.2) is 12.2 Å². The van der Waals surface area contributed by atoms with Gasteiger partial charge < -0.3 is 4.74 Å². The van der Waals surface area contributed by atoms with E-state index in [2.05, 4.69) is 26.0 Å². The first-order valence-corrected chi connectivity index (χ1v) is 3.38. The molecule has 0 saturated carbocycles. The summed E-state index contributed by atoms with van der Waals surface area (Å²) in [7, 11) is 1.72. The standard InChI is InChI=1S/C8H16O/c1-7(2)5-6-8(3)9-4/h5-8H,1-4H3/b6-5-. The largest absolute Gasteiger partial charge is 0.378 e. The molecule has 0 aromatic carbocycles. The van der Waals surface area contributed by atoms with Crippen LogP contribution in [-0.2, 0) is 4.74 Å². The van der Waals surface area contributed by atoms with E-state index in [0.29, 0.717) is 5.92 Å². The van der Waals surface area contributed by atoms with Gasteiger partial charge in [-0.25, -0.2) is 0 Å². The molecular formula is C8H16O. The maximum Gasteiger partial charge on any atom is 0.0723 e. The van der Waals surface area contributed by atoms with Crippen molar-refractivity contribution in [3.05, 3.63) is 12.2 Å². The average molecular weight is 128 g/mol. The van der Waals surface area contributed by atoms with Crippen LogP contribution in [0.2, 0.25) is 0 Å². The van der Waals surface area contributed by atoms with E-state index in [1.807, 2.05) is 6.92 Å². The average Bonchev–Trinajstić information content (AvgIpc) is 1.83. The Balaban J connectivity index is 3.43. The zero-order valence-corrected chi connectivity index (χ0v) is 6.72. The van der Waals surface area contributed by atoms with E-state index < -0.39 is 0 Å². The van der Waals surface area contributed by atoms with E-state index in [4.69, 9.17) is 4.74 Å². The van der Waals surface area contributed by atoms with Gasteiger partial charge in [0, 0.05) is 7.11 Å². The quantitative estimate of drug-likeness (QED) is 0.530. The smallest absolute Gasteiger partial charge is 0.0723 e. The van der Waals surface area contributed by atoms with Gasteiger partial charge in [0.1, 0.15) is 0 Å². The Morgan fingerprint density at radius 2 is 1.67 bits per heavy atom. The number of rotatable bonds is 3. The van der Waals surface area contributed by atoms with Gasteiger partial charge in [0.15, 0.2) is 0 Å². The third-order valence-electron chi connectivity index (χ3n) is 1.14. The summed E-state index contributed by atoms with van der Waals surface area (Å²) >= 11 is 0. The molecule has 0 N–H and O–H groups in total. The Morgan fingerprint density at radius 3 is 2.00 bits per heavy atom. The van der Waals surface area contributed by atoms with Gasteiger partial charge in [-0.15, -0.1) is 0 Å². The lowest BCUT2D eigenvalue weighted by Crippen LogP contribution is -1.99.